The van der Waals surface area contributed by atoms with Gasteiger partial charge in [0.05, 0.1) is 23.3 Å². The van der Waals surface area contributed by atoms with Gasteiger partial charge in [0.25, 0.3) is 0 Å². The van der Waals surface area contributed by atoms with Gasteiger partial charge in [0, 0.05) is 7.11 Å². The van der Waals surface area contributed by atoms with Crippen molar-refractivity contribution >= 4 is 40.4 Å². The van der Waals surface area contributed by atoms with Crippen LogP contribution in [0, 0.1) is 5.92 Å². The van der Waals surface area contributed by atoms with Crippen LogP contribution in [-0.2, 0) is 9.53 Å². The van der Waals surface area contributed by atoms with Crippen LogP contribution in [0.3, 0.4) is 0 Å². The number of aldehydes is 1. The lowest BCUT2D eigenvalue weighted by Gasteiger charge is -2.11. The Labute approximate surface area is 134 Å². The third-order valence-electron chi connectivity index (χ3n) is 2.60. The van der Waals surface area contributed by atoms with Gasteiger partial charge in [-0.15, -0.1) is 11.8 Å². The number of aliphatic imine (C=N–C) groups is 1. The van der Waals surface area contributed by atoms with E-state index in [1.54, 1.807) is 19.2 Å². The Bertz CT molecular complexity index is 494. The lowest BCUT2D eigenvalue weighted by atomic mass is 10.2. The zero-order chi connectivity index (χ0) is 15.7. The molecule has 0 saturated carbocycles. The van der Waals surface area contributed by atoms with Gasteiger partial charge in [-0.1, -0.05) is 24.6 Å². The fourth-order valence-corrected chi connectivity index (χ4v) is 2.52. The second-order valence-corrected chi connectivity index (χ2v) is 5.90. The Morgan fingerprint density at radius 2 is 2.24 bits per heavy atom. The van der Waals surface area contributed by atoms with Crippen LogP contribution in [0.25, 0.3) is 0 Å². The number of benzene rings is 1. The van der Waals surface area contributed by atoms with Gasteiger partial charge in [0.2, 0.25) is 0 Å². The minimum Gasteiger partial charge on any atom is -0.490 e. The summed E-state index contributed by atoms with van der Waals surface area (Å²) < 4.78 is 10.5. The molecule has 1 unspecified atom stereocenters. The predicted octanol–water partition coefficient (Wildman–Crippen LogP) is 3.98. The molecule has 0 amide bonds. The van der Waals surface area contributed by atoms with E-state index in [4.69, 9.17) is 21.1 Å². The van der Waals surface area contributed by atoms with E-state index in [0.29, 0.717) is 29.7 Å². The van der Waals surface area contributed by atoms with Crippen LogP contribution in [0.1, 0.15) is 13.8 Å². The molecule has 21 heavy (non-hydrogen) atoms. The zero-order valence-electron chi connectivity index (χ0n) is 12.5. The number of halogens is 1. The summed E-state index contributed by atoms with van der Waals surface area (Å²) >= 11 is 7.85. The number of carbonyl (C=O) groups is 1. The average Bonchev–Trinajstić information content (AvgIpc) is 2.49. The van der Waals surface area contributed by atoms with Crippen molar-refractivity contribution in [2.75, 3.05) is 26.1 Å². The Hall–Kier alpha value is -1.04. The summed E-state index contributed by atoms with van der Waals surface area (Å²) in [5.74, 6) is 1.16. The molecule has 0 radical (unpaired) electrons. The Morgan fingerprint density at radius 3 is 2.86 bits per heavy atom. The van der Waals surface area contributed by atoms with Crippen LogP contribution < -0.4 is 4.74 Å². The minimum absolute atomic E-state index is 0.246. The minimum atomic E-state index is -0.246. The van der Waals surface area contributed by atoms with E-state index in [1.807, 2.05) is 19.9 Å². The third-order valence-corrected chi connectivity index (χ3v) is 4.03. The highest BCUT2D eigenvalue weighted by molar-refractivity contribution is 8.14. The Kier molecular flexibility index (Phi) is 8.42. The van der Waals surface area contributed by atoms with E-state index in [9.17, 15) is 4.79 Å². The predicted molar refractivity (Wildman–Crippen MR) is 89.3 cm³/mol. The molecule has 0 spiro atoms. The van der Waals surface area contributed by atoms with Crippen LogP contribution >= 0.6 is 23.4 Å². The van der Waals surface area contributed by atoms with Gasteiger partial charge in [-0.05, 0) is 24.8 Å². The van der Waals surface area contributed by atoms with Crippen molar-refractivity contribution in [3.63, 3.8) is 0 Å². The van der Waals surface area contributed by atoms with Crippen LogP contribution in [0.15, 0.2) is 23.2 Å². The van der Waals surface area contributed by atoms with Crippen molar-refractivity contribution in [1.82, 2.24) is 0 Å². The standard InChI is InChI=1S/C15H20ClNO3S/c1-4-21-15(11(2)10-18)17-12-6-5-7-13(14(12)16)20-9-8-19-3/h5-7,10-11H,4,8-9H2,1-3H3. The lowest BCUT2D eigenvalue weighted by molar-refractivity contribution is -0.109. The quantitative estimate of drug-likeness (QED) is 0.313. The molecular formula is C15H20ClNO3S. The van der Waals surface area contributed by atoms with Gasteiger partial charge < -0.3 is 14.3 Å². The molecule has 0 bridgehead atoms. The van der Waals surface area contributed by atoms with E-state index in [1.165, 1.54) is 11.8 Å². The monoisotopic (exact) mass is 329 g/mol. The number of nitrogens with zero attached hydrogens (tertiary/aromatic N) is 1. The lowest BCUT2D eigenvalue weighted by Crippen LogP contribution is -2.08. The molecule has 0 aliphatic heterocycles. The van der Waals surface area contributed by atoms with Gasteiger partial charge >= 0.3 is 0 Å². The van der Waals surface area contributed by atoms with Crippen molar-refractivity contribution in [2.45, 2.75) is 13.8 Å². The molecule has 0 heterocycles. The number of hydrogen-bond acceptors (Lipinski definition) is 5. The first kappa shape index (κ1) is 18.0. The normalized spacial score (nSPS) is 13.0. The van der Waals surface area contributed by atoms with Crippen LogP contribution in [0.2, 0.25) is 5.02 Å². The third kappa shape index (κ3) is 5.69. The van der Waals surface area contributed by atoms with E-state index in [2.05, 4.69) is 4.99 Å². The zero-order valence-corrected chi connectivity index (χ0v) is 14.0. The highest BCUT2D eigenvalue weighted by Gasteiger charge is 2.12. The topological polar surface area (TPSA) is 47.9 Å². The molecule has 0 aromatic heterocycles. The molecule has 1 aromatic rings. The van der Waals surface area contributed by atoms with E-state index >= 15 is 0 Å². The van der Waals surface area contributed by atoms with Gasteiger partial charge in [-0.2, -0.15) is 0 Å². The molecule has 0 aliphatic rings. The number of ether oxygens (including phenoxy) is 2. The summed E-state index contributed by atoms with van der Waals surface area (Å²) in [6.07, 6.45) is 0.883. The fourth-order valence-electron chi connectivity index (χ4n) is 1.52. The largest absolute Gasteiger partial charge is 0.490 e. The second kappa shape index (κ2) is 9.82. The average molecular weight is 330 g/mol. The van der Waals surface area contributed by atoms with Crippen molar-refractivity contribution in [3.8, 4) is 5.75 Å². The summed E-state index contributed by atoms with van der Waals surface area (Å²) in [5, 5.41) is 1.20. The van der Waals surface area contributed by atoms with Crippen LogP contribution in [-0.4, -0.2) is 37.4 Å². The molecule has 1 aromatic carbocycles. The molecule has 0 fully saturated rings. The number of hydrogen-bond donors (Lipinski definition) is 0. The summed E-state index contributed by atoms with van der Waals surface area (Å²) in [7, 11) is 1.61. The number of rotatable bonds is 8. The summed E-state index contributed by atoms with van der Waals surface area (Å²) in [5.41, 5.74) is 0.608. The summed E-state index contributed by atoms with van der Waals surface area (Å²) in [6, 6.07) is 5.42. The number of methoxy groups -OCH3 is 1. The van der Waals surface area contributed by atoms with Gasteiger partial charge in [0.1, 0.15) is 23.7 Å². The van der Waals surface area contributed by atoms with Gasteiger partial charge in [-0.25, -0.2) is 4.99 Å². The molecule has 4 nitrogen and oxygen atoms in total. The molecule has 0 N–H and O–H groups in total. The van der Waals surface area contributed by atoms with Crippen molar-refractivity contribution in [1.29, 1.82) is 0 Å². The van der Waals surface area contributed by atoms with Crippen molar-refractivity contribution in [3.05, 3.63) is 23.2 Å². The highest BCUT2D eigenvalue weighted by atomic mass is 35.5. The van der Waals surface area contributed by atoms with Crippen molar-refractivity contribution in [2.24, 2.45) is 10.9 Å². The molecule has 0 saturated heterocycles. The van der Waals surface area contributed by atoms with Crippen LogP contribution in [0.5, 0.6) is 5.75 Å². The maximum absolute atomic E-state index is 11.0. The molecular weight excluding hydrogens is 310 g/mol. The summed E-state index contributed by atoms with van der Waals surface area (Å²) in [6.45, 7) is 4.75. The second-order valence-electron chi connectivity index (χ2n) is 4.24. The van der Waals surface area contributed by atoms with Gasteiger partial charge in [0.15, 0.2) is 0 Å². The smallest absolute Gasteiger partial charge is 0.140 e. The maximum atomic E-state index is 11.0. The van der Waals surface area contributed by atoms with Crippen LogP contribution in [0.4, 0.5) is 5.69 Å². The molecule has 1 rings (SSSR count). The van der Waals surface area contributed by atoms with Gasteiger partial charge in [-0.3, -0.25) is 0 Å². The number of carbonyl (C=O) groups excluding carboxylic acids is 1. The fraction of sp³-hybridized carbons (Fsp3) is 0.467. The number of thioether (sulfide) groups is 1. The molecule has 116 valence electrons. The maximum Gasteiger partial charge on any atom is 0.140 e. The highest BCUT2D eigenvalue weighted by Crippen LogP contribution is 2.35. The van der Waals surface area contributed by atoms with E-state index < -0.39 is 0 Å². The Morgan fingerprint density at radius 1 is 1.48 bits per heavy atom. The first-order valence-electron chi connectivity index (χ1n) is 6.70. The Balaban J connectivity index is 3.00. The van der Waals surface area contributed by atoms with Crippen molar-refractivity contribution < 1.29 is 14.3 Å². The summed E-state index contributed by atoms with van der Waals surface area (Å²) in [4.78, 5) is 15.5. The first-order valence-corrected chi connectivity index (χ1v) is 8.07. The molecule has 0 aliphatic carbocycles. The SMILES string of the molecule is CCSC(=Nc1cccc(OCCOC)c1Cl)C(C)C=O. The molecule has 1 atom stereocenters. The van der Waals surface area contributed by atoms with E-state index in [0.717, 1.165) is 17.1 Å². The van der Waals surface area contributed by atoms with E-state index in [-0.39, 0.29) is 5.92 Å². The first-order chi connectivity index (χ1) is 10.1. The molecule has 6 heteroatoms.